The minimum Gasteiger partial charge on any atom is -0.341 e. The van der Waals surface area contributed by atoms with E-state index in [0.29, 0.717) is 22.0 Å². The summed E-state index contributed by atoms with van der Waals surface area (Å²) < 4.78 is 0. The lowest BCUT2D eigenvalue weighted by atomic mass is 10.1. The summed E-state index contributed by atoms with van der Waals surface area (Å²) in [5, 5.41) is 18.0. The predicted molar refractivity (Wildman–Crippen MR) is 108 cm³/mol. The Morgan fingerprint density at radius 1 is 1.11 bits per heavy atom. The summed E-state index contributed by atoms with van der Waals surface area (Å²) in [6.07, 6.45) is 0. The molecule has 0 saturated carbocycles. The van der Waals surface area contributed by atoms with E-state index in [-0.39, 0.29) is 23.2 Å². The number of H-pyrrole nitrogens is 1. The van der Waals surface area contributed by atoms with Crippen molar-refractivity contribution in [2.45, 2.75) is 0 Å². The summed E-state index contributed by atoms with van der Waals surface area (Å²) in [5.41, 5.74) is 1.36. The van der Waals surface area contributed by atoms with Gasteiger partial charge in [-0.3, -0.25) is 9.78 Å². The monoisotopic (exact) mass is 394 g/mol. The molecule has 0 spiro atoms. The van der Waals surface area contributed by atoms with Crippen molar-refractivity contribution in [3.63, 3.8) is 0 Å². The highest BCUT2D eigenvalue weighted by molar-refractivity contribution is 6.30. The van der Waals surface area contributed by atoms with Gasteiger partial charge in [0.05, 0.1) is 5.69 Å². The highest BCUT2D eigenvalue weighted by Gasteiger charge is 2.14. The molecule has 1 heterocycles. The smallest absolute Gasteiger partial charge is 0.318 e. The van der Waals surface area contributed by atoms with Gasteiger partial charge in [0, 0.05) is 29.0 Å². The molecule has 0 saturated heterocycles. The molecule has 2 aromatic carbocycles. The summed E-state index contributed by atoms with van der Waals surface area (Å²) >= 11 is 5.87. The van der Waals surface area contributed by atoms with E-state index < -0.39 is 5.56 Å². The number of hydrogen-bond acceptors (Lipinski definition) is 5. The van der Waals surface area contributed by atoms with Crippen molar-refractivity contribution in [1.29, 1.82) is 5.26 Å². The van der Waals surface area contributed by atoms with Gasteiger partial charge in [-0.2, -0.15) is 5.26 Å². The Labute approximate surface area is 165 Å². The van der Waals surface area contributed by atoms with Gasteiger partial charge in [0.2, 0.25) is 5.95 Å². The number of carbonyl (C=O) groups excluding carboxylic acids is 1. The van der Waals surface area contributed by atoms with Crippen LogP contribution in [0.25, 0.3) is 11.3 Å². The van der Waals surface area contributed by atoms with E-state index in [9.17, 15) is 14.9 Å². The van der Waals surface area contributed by atoms with Crippen LogP contribution in [0.4, 0.5) is 22.1 Å². The van der Waals surface area contributed by atoms with Crippen LogP contribution in [0.1, 0.15) is 5.56 Å². The number of nitrogens with one attached hydrogen (secondary N) is 4. The number of anilines is 3. The van der Waals surface area contributed by atoms with Crippen LogP contribution >= 0.6 is 11.6 Å². The van der Waals surface area contributed by atoms with E-state index in [2.05, 4.69) is 25.9 Å². The Bertz CT molecular complexity index is 1100. The third kappa shape index (κ3) is 4.28. The maximum Gasteiger partial charge on any atom is 0.318 e. The van der Waals surface area contributed by atoms with E-state index in [0.717, 1.165) is 0 Å². The molecule has 3 aromatic rings. The van der Waals surface area contributed by atoms with Crippen molar-refractivity contribution in [3.8, 4) is 17.3 Å². The van der Waals surface area contributed by atoms with Crippen LogP contribution in [-0.4, -0.2) is 23.0 Å². The molecule has 0 aliphatic heterocycles. The van der Waals surface area contributed by atoms with Crippen LogP contribution in [0.3, 0.4) is 0 Å². The minimum absolute atomic E-state index is 0.103. The number of rotatable bonds is 4. The number of amides is 2. The standard InChI is InChI=1S/C19H15ClN6O2/c1-22-19(28)24-14-6-2-11(3-7-14)16-15(10-21)17(27)26-18(25-16)23-13-8-4-12(20)5-9-13/h2-9H,1H3,(H2,22,24,28)(H2,23,25,26,27). The Morgan fingerprint density at radius 2 is 1.75 bits per heavy atom. The van der Waals surface area contributed by atoms with Crippen LogP contribution in [0.15, 0.2) is 53.3 Å². The van der Waals surface area contributed by atoms with Gasteiger partial charge >= 0.3 is 6.03 Å². The molecule has 3 rings (SSSR count). The molecule has 2 amide bonds. The molecule has 0 fully saturated rings. The number of benzene rings is 2. The third-order valence-corrected chi connectivity index (χ3v) is 4.03. The molecule has 28 heavy (non-hydrogen) atoms. The molecule has 0 aliphatic carbocycles. The van der Waals surface area contributed by atoms with Gasteiger partial charge in [0.15, 0.2) is 0 Å². The SMILES string of the molecule is CNC(=O)Nc1ccc(-c2nc(Nc3ccc(Cl)cc3)[nH]c(=O)c2C#N)cc1. The molecule has 4 N–H and O–H groups in total. The maximum absolute atomic E-state index is 12.3. The second-order valence-corrected chi connectivity index (χ2v) is 6.10. The number of aromatic amines is 1. The summed E-state index contributed by atoms with van der Waals surface area (Å²) in [4.78, 5) is 30.6. The molecular formula is C19H15ClN6O2. The van der Waals surface area contributed by atoms with Crippen molar-refractivity contribution in [2.75, 3.05) is 17.7 Å². The number of nitrogens with zero attached hydrogens (tertiary/aromatic N) is 2. The van der Waals surface area contributed by atoms with Crippen LogP contribution in [0.2, 0.25) is 5.02 Å². The molecular weight excluding hydrogens is 380 g/mol. The van der Waals surface area contributed by atoms with E-state index in [1.807, 2.05) is 6.07 Å². The summed E-state index contributed by atoms with van der Waals surface area (Å²) in [7, 11) is 1.51. The summed E-state index contributed by atoms with van der Waals surface area (Å²) in [6, 6.07) is 15.0. The van der Waals surface area contributed by atoms with Crippen LogP contribution in [-0.2, 0) is 0 Å². The van der Waals surface area contributed by atoms with Crippen molar-refractivity contribution in [2.24, 2.45) is 0 Å². The van der Waals surface area contributed by atoms with Gasteiger partial charge in [-0.05, 0) is 36.4 Å². The molecule has 9 heteroatoms. The van der Waals surface area contributed by atoms with Crippen molar-refractivity contribution >= 4 is 35.0 Å². The first-order valence-corrected chi connectivity index (χ1v) is 8.54. The lowest BCUT2D eigenvalue weighted by Gasteiger charge is -2.10. The predicted octanol–water partition coefficient (Wildman–Crippen LogP) is 3.46. The van der Waals surface area contributed by atoms with Crippen LogP contribution in [0, 0.1) is 11.3 Å². The maximum atomic E-state index is 12.3. The topological polar surface area (TPSA) is 123 Å². The summed E-state index contributed by atoms with van der Waals surface area (Å²) in [5.74, 6) is 0.189. The number of urea groups is 1. The van der Waals surface area contributed by atoms with Crippen LogP contribution < -0.4 is 21.5 Å². The van der Waals surface area contributed by atoms with E-state index in [1.165, 1.54) is 7.05 Å². The van der Waals surface area contributed by atoms with Gasteiger partial charge in [-0.15, -0.1) is 0 Å². The van der Waals surface area contributed by atoms with Crippen molar-refractivity contribution in [3.05, 3.63) is 69.5 Å². The average Bonchev–Trinajstić information content (AvgIpc) is 2.70. The Kier molecular flexibility index (Phi) is 5.58. The minimum atomic E-state index is -0.559. The molecule has 0 bridgehead atoms. The first-order valence-electron chi connectivity index (χ1n) is 8.16. The molecule has 1 aromatic heterocycles. The van der Waals surface area contributed by atoms with Crippen molar-refractivity contribution < 1.29 is 4.79 Å². The summed E-state index contributed by atoms with van der Waals surface area (Å²) in [6.45, 7) is 0. The first-order chi connectivity index (χ1) is 13.5. The van der Waals surface area contributed by atoms with E-state index in [1.54, 1.807) is 48.5 Å². The fourth-order valence-electron chi connectivity index (χ4n) is 2.42. The average molecular weight is 395 g/mol. The van der Waals surface area contributed by atoms with Gasteiger partial charge in [-0.1, -0.05) is 23.7 Å². The Morgan fingerprint density at radius 3 is 2.36 bits per heavy atom. The van der Waals surface area contributed by atoms with Gasteiger partial charge in [0.25, 0.3) is 5.56 Å². The normalized spacial score (nSPS) is 10.0. The number of carbonyl (C=O) groups is 1. The third-order valence-electron chi connectivity index (χ3n) is 3.78. The molecule has 0 radical (unpaired) electrons. The molecule has 0 unspecified atom stereocenters. The van der Waals surface area contributed by atoms with E-state index >= 15 is 0 Å². The van der Waals surface area contributed by atoms with E-state index in [4.69, 9.17) is 11.6 Å². The fraction of sp³-hybridized carbons (Fsp3) is 0.0526. The van der Waals surface area contributed by atoms with Gasteiger partial charge in [0.1, 0.15) is 11.6 Å². The fourth-order valence-corrected chi connectivity index (χ4v) is 2.55. The zero-order valence-electron chi connectivity index (χ0n) is 14.7. The van der Waals surface area contributed by atoms with Gasteiger partial charge in [-0.25, -0.2) is 9.78 Å². The zero-order valence-corrected chi connectivity index (χ0v) is 15.5. The highest BCUT2D eigenvalue weighted by atomic mass is 35.5. The number of nitriles is 1. The molecule has 0 aliphatic rings. The number of aromatic nitrogens is 2. The van der Waals surface area contributed by atoms with Gasteiger partial charge < -0.3 is 16.0 Å². The molecule has 8 nitrogen and oxygen atoms in total. The largest absolute Gasteiger partial charge is 0.341 e. The Hall–Kier alpha value is -3.83. The Balaban J connectivity index is 1.96. The molecule has 140 valence electrons. The van der Waals surface area contributed by atoms with Crippen molar-refractivity contribution in [1.82, 2.24) is 15.3 Å². The second kappa shape index (κ2) is 8.24. The first kappa shape index (κ1) is 18.9. The lowest BCUT2D eigenvalue weighted by Crippen LogP contribution is -2.24. The second-order valence-electron chi connectivity index (χ2n) is 5.66. The molecule has 0 atom stereocenters. The van der Waals surface area contributed by atoms with Crippen LogP contribution in [0.5, 0.6) is 0 Å². The number of hydrogen-bond donors (Lipinski definition) is 4. The number of halogens is 1. The quantitative estimate of drug-likeness (QED) is 0.539. The lowest BCUT2D eigenvalue weighted by molar-refractivity contribution is 0.254. The zero-order chi connectivity index (χ0) is 20.1. The highest BCUT2D eigenvalue weighted by Crippen LogP contribution is 2.23.